The van der Waals surface area contributed by atoms with Gasteiger partial charge in [-0.1, -0.05) is 40.9 Å². The van der Waals surface area contributed by atoms with Crippen molar-refractivity contribution < 1.29 is 14.3 Å². The minimum atomic E-state index is -0.286. The van der Waals surface area contributed by atoms with Gasteiger partial charge in [0.05, 0.1) is 19.4 Å². The van der Waals surface area contributed by atoms with Crippen molar-refractivity contribution in [3.63, 3.8) is 0 Å². The highest BCUT2D eigenvalue weighted by molar-refractivity contribution is 6.35. The number of hydrazone groups is 1. The quantitative estimate of drug-likeness (QED) is 0.254. The van der Waals surface area contributed by atoms with Gasteiger partial charge in [0.15, 0.2) is 11.5 Å². The number of hydrogen-bond acceptors (Lipinski definition) is 5. The Labute approximate surface area is 207 Å². The molecule has 3 aromatic rings. The molecule has 1 amide bonds. The fourth-order valence-corrected chi connectivity index (χ4v) is 3.34. The van der Waals surface area contributed by atoms with Crippen molar-refractivity contribution in [3.8, 4) is 11.5 Å². The smallest absolute Gasteiger partial charge is 0.259 e. The predicted octanol–water partition coefficient (Wildman–Crippen LogP) is 6.19. The number of rotatable bonds is 10. The van der Waals surface area contributed by atoms with Crippen LogP contribution in [0.3, 0.4) is 0 Å². The summed E-state index contributed by atoms with van der Waals surface area (Å²) in [5.74, 6) is 0.838. The number of nitrogens with one attached hydrogen (secondary N) is 2. The third kappa shape index (κ3) is 7.86. The van der Waals surface area contributed by atoms with E-state index < -0.39 is 0 Å². The van der Waals surface area contributed by atoms with Crippen LogP contribution in [0, 0.1) is 0 Å². The zero-order chi connectivity index (χ0) is 23.6. The van der Waals surface area contributed by atoms with Crippen molar-refractivity contribution in [2.24, 2.45) is 5.10 Å². The van der Waals surface area contributed by atoms with Gasteiger partial charge in [0, 0.05) is 26.3 Å². The standard InChI is InChI=1S/C24H22Cl3N3O3/c1-2-32-23-11-16(3-10-22(23)33-15-17-4-5-19(26)12-21(17)27)13-29-30-24(31)14-28-20-8-6-18(25)7-9-20/h3-13,28H,2,14-15H2,1H3,(H,30,31)/b29-13-. The lowest BCUT2D eigenvalue weighted by atomic mass is 10.2. The minimum absolute atomic E-state index is 0.0726. The van der Waals surface area contributed by atoms with Crippen molar-refractivity contribution in [2.75, 3.05) is 18.5 Å². The molecule has 0 aliphatic carbocycles. The van der Waals surface area contributed by atoms with Crippen LogP contribution in [0.4, 0.5) is 5.69 Å². The van der Waals surface area contributed by atoms with Gasteiger partial charge in [0.2, 0.25) is 0 Å². The van der Waals surface area contributed by atoms with Gasteiger partial charge in [-0.25, -0.2) is 5.43 Å². The third-order valence-electron chi connectivity index (χ3n) is 4.37. The van der Waals surface area contributed by atoms with E-state index in [1.165, 1.54) is 6.21 Å². The average molecular weight is 507 g/mol. The first kappa shape index (κ1) is 24.7. The second-order valence-electron chi connectivity index (χ2n) is 6.82. The molecule has 0 radical (unpaired) electrons. The second kappa shape index (κ2) is 12.3. The molecule has 0 aliphatic heterocycles. The summed E-state index contributed by atoms with van der Waals surface area (Å²) in [6.07, 6.45) is 1.53. The number of halogens is 3. The number of nitrogens with zero attached hydrogens (tertiary/aromatic N) is 1. The lowest BCUT2D eigenvalue weighted by molar-refractivity contribution is -0.119. The summed E-state index contributed by atoms with van der Waals surface area (Å²) in [6.45, 7) is 2.68. The number of anilines is 1. The van der Waals surface area contributed by atoms with E-state index in [9.17, 15) is 4.79 Å². The first-order chi connectivity index (χ1) is 15.9. The molecule has 0 saturated heterocycles. The molecule has 0 spiro atoms. The molecule has 172 valence electrons. The monoisotopic (exact) mass is 505 g/mol. The Morgan fingerprint density at radius 3 is 2.42 bits per heavy atom. The molecule has 2 N–H and O–H groups in total. The zero-order valence-corrected chi connectivity index (χ0v) is 20.0. The summed E-state index contributed by atoms with van der Waals surface area (Å²) in [4.78, 5) is 12.0. The Bertz CT molecular complexity index is 1120. The molecule has 0 bridgehead atoms. The molecule has 0 saturated carbocycles. The topological polar surface area (TPSA) is 72.0 Å². The number of amides is 1. The van der Waals surface area contributed by atoms with E-state index in [1.54, 1.807) is 48.5 Å². The SMILES string of the molecule is CCOc1cc(/C=N\NC(=O)CNc2ccc(Cl)cc2)ccc1OCc1ccc(Cl)cc1Cl. The van der Waals surface area contributed by atoms with Crippen LogP contribution in [0.15, 0.2) is 65.8 Å². The highest BCUT2D eigenvalue weighted by Crippen LogP contribution is 2.30. The van der Waals surface area contributed by atoms with Crippen molar-refractivity contribution >= 4 is 52.6 Å². The first-order valence-electron chi connectivity index (χ1n) is 10.1. The minimum Gasteiger partial charge on any atom is -0.490 e. The van der Waals surface area contributed by atoms with E-state index in [4.69, 9.17) is 44.3 Å². The molecular weight excluding hydrogens is 485 g/mol. The fraction of sp³-hybridized carbons (Fsp3) is 0.167. The van der Waals surface area contributed by atoms with Crippen LogP contribution in [0.25, 0.3) is 0 Å². The highest BCUT2D eigenvalue weighted by Gasteiger charge is 2.09. The Balaban J connectivity index is 1.56. The fourth-order valence-electron chi connectivity index (χ4n) is 2.76. The van der Waals surface area contributed by atoms with E-state index >= 15 is 0 Å². The van der Waals surface area contributed by atoms with Crippen LogP contribution in [-0.2, 0) is 11.4 Å². The molecule has 0 aliphatic rings. The lowest BCUT2D eigenvalue weighted by Crippen LogP contribution is -2.25. The maximum absolute atomic E-state index is 12.0. The molecule has 9 heteroatoms. The normalized spacial score (nSPS) is 10.8. The van der Waals surface area contributed by atoms with Crippen LogP contribution in [0.2, 0.25) is 15.1 Å². The molecule has 33 heavy (non-hydrogen) atoms. The molecule has 0 atom stereocenters. The van der Waals surface area contributed by atoms with Crippen LogP contribution in [0.5, 0.6) is 11.5 Å². The Kier molecular flexibility index (Phi) is 9.24. The zero-order valence-electron chi connectivity index (χ0n) is 17.8. The number of carbonyl (C=O) groups excluding carboxylic acids is 1. The van der Waals surface area contributed by atoms with Gasteiger partial charge in [-0.3, -0.25) is 4.79 Å². The number of ether oxygens (including phenoxy) is 2. The number of benzene rings is 3. The van der Waals surface area contributed by atoms with Crippen molar-refractivity contribution in [2.45, 2.75) is 13.5 Å². The van der Waals surface area contributed by atoms with Gasteiger partial charge in [0.1, 0.15) is 6.61 Å². The summed E-state index contributed by atoms with van der Waals surface area (Å²) in [5.41, 5.74) is 4.81. The lowest BCUT2D eigenvalue weighted by Gasteiger charge is -2.13. The first-order valence-corrected chi connectivity index (χ1v) is 11.2. The number of carbonyl (C=O) groups is 1. The molecular formula is C24H22Cl3N3O3. The molecule has 0 aromatic heterocycles. The van der Waals surface area contributed by atoms with Crippen molar-refractivity contribution in [1.29, 1.82) is 0 Å². The highest BCUT2D eigenvalue weighted by atomic mass is 35.5. The molecule has 0 heterocycles. The van der Waals surface area contributed by atoms with E-state index in [0.29, 0.717) is 33.2 Å². The maximum atomic E-state index is 12.0. The summed E-state index contributed by atoms with van der Waals surface area (Å²) in [6, 6.07) is 17.7. The van der Waals surface area contributed by atoms with Crippen molar-refractivity contribution in [3.05, 3.63) is 86.9 Å². The van der Waals surface area contributed by atoms with Gasteiger partial charge < -0.3 is 14.8 Å². The molecule has 0 fully saturated rings. The van der Waals surface area contributed by atoms with Crippen molar-refractivity contribution in [1.82, 2.24) is 5.43 Å². The van der Waals surface area contributed by atoms with E-state index in [2.05, 4.69) is 15.8 Å². The van der Waals surface area contributed by atoms with Crippen LogP contribution < -0.4 is 20.2 Å². The Hall–Kier alpha value is -2.93. The third-order valence-corrected chi connectivity index (χ3v) is 5.20. The Morgan fingerprint density at radius 1 is 0.939 bits per heavy atom. The van der Waals surface area contributed by atoms with E-state index in [1.807, 2.05) is 19.1 Å². The Morgan fingerprint density at radius 2 is 1.70 bits per heavy atom. The van der Waals surface area contributed by atoms with Crippen LogP contribution in [0.1, 0.15) is 18.1 Å². The molecule has 0 unspecified atom stereocenters. The second-order valence-corrected chi connectivity index (χ2v) is 8.10. The van der Waals surface area contributed by atoms with Gasteiger partial charge in [-0.2, -0.15) is 5.10 Å². The van der Waals surface area contributed by atoms with Crippen LogP contribution in [-0.4, -0.2) is 25.3 Å². The van der Waals surface area contributed by atoms with E-state index in [-0.39, 0.29) is 19.1 Å². The summed E-state index contributed by atoms with van der Waals surface area (Å²) in [7, 11) is 0. The average Bonchev–Trinajstić information content (AvgIpc) is 2.79. The largest absolute Gasteiger partial charge is 0.490 e. The van der Waals surface area contributed by atoms with Gasteiger partial charge >= 0.3 is 0 Å². The molecule has 3 rings (SSSR count). The van der Waals surface area contributed by atoms with Gasteiger partial charge in [-0.15, -0.1) is 0 Å². The predicted molar refractivity (Wildman–Crippen MR) is 134 cm³/mol. The van der Waals surface area contributed by atoms with E-state index in [0.717, 1.165) is 16.8 Å². The maximum Gasteiger partial charge on any atom is 0.259 e. The van der Waals surface area contributed by atoms with Gasteiger partial charge in [0.25, 0.3) is 5.91 Å². The summed E-state index contributed by atoms with van der Waals surface area (Å²) >= 11 is 18.0. The summed E-state index contributed by atoms with van der Waals surface area (Å²) in [5, 5.41) is 8.72. The molecule has 3 aromatic carbocycles. The summed E-state index contributed by atoms with van der Waals surface area (Å²) < 4.78 is 11.6. The van der Waals surface area contributed by atoms with Gasteiger partial charge in [-0.05, 0) is 67.1 Å². The molecule has 6 nitrogen and oxygen atoms in total. The number of hydrogen-bond donors (Lipinski definition) is 2. The van der Waals surface area contributed by atoms with Crippen LogP contribution >= 0.6 is 34.8 Å².